The van der Waals surface area contributed by atoms with Gasteiger partial charge in [-0.15, -0.1) is 0 Å². The van der Waals surface area contributed by atoms with Gasteiger partial charge in [0.1, 0.15) is 5.60 Å². The summed E-state index contributed by atoms with van der Waals surface area (Å²) in [4.78, 5) is 15.6. The molecule has 122 valence electrons. The summed E-state index contributed by atoms with van der Waals surface area (Å²) < 4.78 is 7.47. The number of fused-ring (bicyclic) bond motifs is 1. The Morgan fingerprint density at radius 1 is 1.35 bits per heavy atom. The van der Waals surface area contributed by atoms with Gasteiger partial charge in [0.25, 0.3) is 0 Å². The maximum Gasteiger partial charge on any atom is 0.410 e. The summed E-state index contributed by atoms with van der Waals surface area (Å²) in [6.07, 6.45) is 0.639. The molecule has 0 bridgehead atoms. The molecule has 2 fully saturated rings. The predicted octanol–water partition coefficient (Wildman–Crippen LogP) is 2.25. The Balaban J connectivity index is 1.57. The number of benzene rings is 1. The fourth-order valence-corrected chi connectivity index (χ4v) is 4.02. The molecular weight excluding hydrogens is 316 g/mol. The lowest BCUT2D eigenvalue weighted by atomic mass is 10.0. The van der Waals surface area contributed by atoms with Crippen molar-refractivity contribution in [3.63, 3.8) is 0 Å². The van der Waals surface area contributed by atoms with Gasteiger partial charge in [0, 0.05) is 45.5 Å². The number of carbonyl (C=O) groups is 1. The van der Waals surface area contributed by atoms with Gasteiger partial charge in [0.2, 0.25) is 0 Å². The van der Waals surface area contributed by atoms with Crippen LogP contribution in [0, 0.1) is 0 Å². The molecule has 4 rings (SSSR count). The molecule has 2 saturated heterocycles. The van der Waals surface area contributed by atoms with Crippen molar-refractivity contribution in [1.82, 2.24) is 19.6 Å². The third-order valence-electron chi connectivity index (χ3n) is 4.81. The molecule has 2 aliphatic heterocycles. The van der Waals surface area contributed by atoms with Gasteiger partial charge in [0.15, 0.2) is 0 Å². The first-order chi connectivity index (χ1) is 11.0. The van der Waals surface area contributed by atoms with Crippen molar-refractivity contribution in [1.29, 1.82) is 0 Å². The molecule has 0 saturated carbocycles. The summed E-state index contributed by atoms with van der Waals surface area (Å²) in [5.74, 6) is 0. The van der Waals surface area contributed by atoms with E-state index in [1.54, 1.807) is 11.9 Å². The molecule has 0 radical (unpaired) electrons. The van der Waals surface area contributed by atoms with E-state index in [2.05, 4.69) is 10.00 Å². The number of likely N-dealkylation sites (tertiary alicyclic amines) is 1. The zero-order chi connectivity index (χ0) is 16.2. The van der Waals surface area contributed by atoms with Crippen molar-refractivity contribution >= 4 is 28.6 Å². The lowest BCUT2D eigenvalue weighted by Gasteiger charge is -2.21. The summed E-state index contributed by atoms with van der Waals surface area (Å²) in [5, 5.41) is 6.37. The molecule has 0 unspecified atom stereocenters. The Morgan fingerprint density at radius 2 is 2.17 bits per heavy atom. The average Bonchev–Trinajstić information content (AvgIpc) is 3.11. The molecule has 1 amide bonds. The van der Waals surface area contributed by atoms with E-state index in [-0.39, 0.29) is 11.7 Å². The number of ether oxygens (including phenoxy) is 1. The monoisotopic (exact) mass is 334 g/mol. The second kappa shape index (κ2) is 5.11. The Labute approximate surface area is 139 Å². The maximum absolute atomic E-state index is 11.7. The number of aromatic nitrogens is 2. The quantitative estimate of drug-likeness (QED) is 0.845. The van der Waals surface area contributed by atoms with Crippen LogP contribution in [0.15, 0.2) is 18.2 Å². The van der Waals surface area contributed by atoms with Gasteiger partial charge in [-0.25, -0.2) is 4.79 Å². The van der Waals surface area contributed by atoms with Gasteiger partial charge in [-0.2, -0.15) is 5.10 Å². The average molecular weight is 335 g/mol. The molecule has 1 aromatic heterocycles. The van der Waals surface area contributed by atoms with E-state index in [1.807, 2.05) is 29.9 Å². The highest BCUT2D eigenvalue weighted by molar-refractivity contribution is 6.35. The van der Waals surface area contributed by atoms with Crippen LogP contribution in [0.1, 0.15) is 12.1 Å². The van der Waals surface area contributed by atoms with Crippen LogP contribution in [0.4, 0.5) is 4.79 Å². The number of rotatable bonds is 2. The largest absolute Gasteiger partial charge is 0.439 e. The van der Waals surface area contributed by atoms with Gasteiger partial charge in [0.05, 0.1) is 22.8 Å². The second-order valence-electron chi connectivity index (χ2n) is 6.57. The topological polar surface area (TPSA) is 50.6 Å². The molecule has 6 nitrogen and oxygen atoms in total. The highest BCUT2D eigenvalue weighted by Gasteiger charge is 2.48. The summed E-state index contributed by atoms with van der Waals surface area (Å²) in [7, 11) is 3.72. The van der Waals surface area contributed by atoms with Gasteiger partial charge in [-0.05, 0) is 12.1 Å². The summed E-state index contributed by atoms with van der Waals surface area (Å²) >= 11 is 6.37. The fourth-order valence-electron chi connectivity index (χ4n) is 3.74. The molecule has 2 aromatic rings. The van der Waals surface area contributed by atoms with Crippen molar-refractivity contribution in [2.75, 3.05) is 26.7 Å². The van der Waals surface area contributed by atoms with Gasteiger partial charge < -0.3 is 9.64 Å². The fraction of sp³-hybridized carbons (Fsp3) is 0.500. The molecule has 1 spiro atoms. The molecule has 23 heavy (non-hydrogen) atoms. The number of hydrogen-bond acceptors (Lipinski definition) is 4. The minimum absolute atomic E-state index is 0.224. The first kappa shape index (κ1) is 14.8. The lowest BCUT2D eigenvalue weighted by Crippen LogP contribution is -2.37. The number of halogens is 1. The molecule has 7 heteroatoms. The van der Waals surface area contributed by atoms with Crippen molar-refractivity contribution in [3.05, 3.63) is 28.9 Å². The van der Waals surface area contributed by atoms with E-state index in [1.165, 1.54) is 0 Å². The van der Waals surface area contributed by atoms with Gasteiger partial charge >= 0.3 is 6.09 Å². The minimum Gasteiger partial charge on any atom is -0.439 e. The number of aryl methyl sites for hydroxylation is 1. The molecule has 1 atom stereocenters. The number of hydrogen-bond donors (Lipinski definition) is 0. The predicted molar refractivity (Wildman–Crippen MR) is 87.5 cm³/mol. The molecule has 1 aromatic carbocycles. The van der Waals surface area contributed by atoms with E-state index in [9.17, 15) is 4.79 Å². The lowest BCUT2D eigenvalue weighted by molar-refractivity contribution is 0.0626. The first-order valence-electron chi connectivity index (χ1n) is 7.74. The number of carbonyl (C=O) groups excluding carboxylic acids is 1. The van der Waals surface area contributed by atoms with Crippen LogP contribution < -0.4 is 0 Å². The standard InChI is InChI=1S/C16H19ClN4O2/c1-19-9-16(23-15(19)22)6-7-21(10-16)8-12-14-11(17)4-3-5-13(14)20(2)18-12/h3-5H,6-10H2,1-2H3/t16-/m1/s1. The van der Waals surface area contributed by atoms with Crippen LogP contribution in [0.5, 0.6) is 0 Å². The van der Waals surface area contributed by atoms with Gasteiger partial charge in [-0.3, -0.25) is 9.58 Å². The second-order valence-corrected chi connectivity index (χ2v) is 6.98. The highest BCUT2D eigenvalue weighted by Crippen LogP contribution is 2.34. The Kier molecular flexibility index (Phi) is 3.28. The van der Waals surface area contributed by atoms with Crippen molar-refractivity contribution < 1.29 is 9.53 Å². The van der Waals surface area contributed by atoms with Gasteiger partial charge in [-0.1, -0.05) is 17.7 Å². The van der Waals surface area contributed by atoms with E-state index >= 15 is 0 Å². The molecule has 0 N–H and O–H groups in total. The Hall–Kier alpha value is -1.79. The van der Waals surface area contributed by atoms with Crippen LogP contribution >= 0.6 is 11.6 Å². The highest BCUT2D eigenvalue weighted by atomic mass is 35.5. The molecule has 2 aliphatic rings. The molecule has 3 heterocycles. The van der Waals surface area contributed by atoms with Crippen molar-refractivity contribution in [3.8, 4) is 0 Å². The number of amides is 1. The van der Waals surface area contributed by atoms with Crippen LogP contribution in [0.2, 0.25) is 5.02 Å². The SMILES string of the molecule is CN1C[C@@]2(CCN(Cc3nn(C)c4cccc(Cl)c34)C2)OC1=O. The van der Waals surface area contributed by atoms with Crippen LogP contribution in [0.25, 0.3) is 10.9 Å². The zero-order valence-electron chi connectivity index (χ0n) is 13.3. The van der Waals surface area contributed by atoms with E-state index in [0.29, 0.717) is 13.1 Å². The third kappa shape index (κ3) is 2.37. The number of nitrogens with zero attached hydrogens (tertiary/aromatic N) is 4. The third-order valence-corrected chi connectivity index (χ3v) is 5.12. The van der Waals surface area contributed by atoms with Crippen LogP contribution in [-0.4, -0.2) is 58.0 Å². The first-order valence-corrected chi connectivity index (χ1v) is 8.12. The Morgan fingerprint density at radius 3 is 2.91 bits per heavy atom. The van der Waals surface area contributed by atoms with Crippen molar-refractivity contribution in [2.24, 2.45) is 7.05 Å². The summed E-state index contributed by atoms with van der Waals surface area (Å²) in [6, 6.07) is 5.86. The summed E-state index contributed by atoms with van der Waals surface area (Å²) in [6.45, 7) is 3.01. The Bertz CT molecular complexity index is 790. The minimum atomic E-state index is -0.361. The zero-order valence-corrected chi connectivity index (χ0v) is 14.0. The smallest absolute Gasteiger partial charge is 0.410 e. The van der Waals surface area contributed by atoms with Crippen LogP contribution in [-0.2, 0) is 18.3 Å². The molecule has 0 aliphatic carbocycles. The molecular formula is C16H19ClN4O2. The van der Waals surface area contributed by atoms with E-state index in [0.717, 1.165) is 41.1 Å². The maximum atomic E-state index is 11.7. The van der Waals surface area contributed by atoms with E-state index < -0.39 is 0 Å². The van der Waals surface area contributed by atoms with E-state index in [4.69, 9.17) is 16.3 Å². The van der Waals surface area contributed by atoms with Crippen molar-refractivity contribution in [2.45, 2.75) is 18.6 Å². The summed E-state index contributed by atoms with van der Waals surface area (Å²) in [5.41, 5.74) is 1.65. The van der Waals surface area contributed by atoms with Crippen LogP contribution in [0.3, 0.4) is 0 Å². The normalized spacial score (nSPS) is 25.0. The number of likely N-dealkylation sites (N-methyl/N-ethyl adjacent to an activating group) is 1.